The fourth-order valence-electron chi connectivity index (χ4n) is 3.06. The van der Waals surface area contributed by atoms with Crippen molar-refractivity contribution in [3.63, 3.8) is 0 Å². The number of urea groups is 1. The molecule has 0 bridgehead atoms. The van der Waals surface area contributed by atoms with Crippen molar-refractivity contribution in [2.24, 2.45) is 0 Å². The molecule has 0 radical (unpaired) electrons. The van der Waals surface area contributed by atoms with Crippen molar-refractivity contribution < 1.29 is 27.5 Å². The van der Waals surface area contributed by atoms with E-state index in [1.165, 1.54) is 12.1 Å². The Bertz CT molecular complexity index is 1200. The van der Waals surface area contributed by atoms with Gasteiger partial charge in [-0.2, -0.15) is 5.26 Å². The molecular weight excluding hydrogens is 469 g/mol. The number of rotatable bonds is 8. The Morgan fingerprint density at radius 1 is 1.03 bits per heavy atom. The number of fused-ring (bicyclic) bond motifs is 1. The number of carbonyl (C=O) groups is 2. The fraction of sp³-hybridized carbons (Fsp3) is 0.174. The first kappa shape index (κ1) is 24.7. The SMILES string of the molecule is N#CCNC(=O)C(Cc1ccc2ccccc2c1)NC(=O)NSc1ccc(OC(F)(F)F)cc1. The maximum Gasteiger partial charge on any atom is 0.573 e. The van der Waals surface area contributed by atoms with Crippen LogP contribution in [0.15, 0.2) is 71.6 Å². The standard InChI is InChI=1S/C23H19F3N4O3S/c24-23(25,26)33-18-7-9-19(10-8-18)34-30-22(32)29-20(21(31)28-12-11-27)14-15-5-6-16-3-1-2-4-17(16)13-15/h1-10,13,20H,12,14H2,(H,28,31)(H2,29,30,32). The van der Waals surface area contributed by atoms with Gasteiger partial charge in [-0.25, -0.2) is 4.79 Å². The number of benzene rings is 3. The molecule has 0 saturated carbocycles. The fourth-order valence-corrected chi connectivity index (χ4v) is 3.60. The van der Waals surface area contributed by atoms with Gasteiger partial charge in [0, 0.05) is 11.3 Å². The zero-order valence-electron chi connectivity index (χ0n) is 17.6. The van der Waals surface area contributed by atoms with Crippen LogP contribution in [-0.4, -0.2) is 30.9 Å². The summed E-state index contributed by atoms with van der Waals surface area (Å²) in [6.07, 6.45) is -4.61. The highest BCUT2D eigenvalue weighted by Gasteiger charge is 2.31. The van der Waals surface area contributed by atoms with E-state index in [1.54, 1.807) is 0 Å². The first-order valence-electron chi connectivity index (χ1n) is 9.95. The second-order valence-corrected chi connectivity index (χ2v) is 7.89. The molecule has 3 aromatic rings. The predicted molar refractivity (Wildman–Crippen MR) is 121 cm³/mol. The molecular formula is C23H19F3N4O3S. The third-order valence-corrected chi connectivity index (χ3v) is 5.33. The lowest BCUT2D eigenvalue weighted by atomic mass is 10.0. The molecule has 11 heteroatoms. The Balaban J connectivity index is 1.62. The summed E-state index contributed by atoms with van der Waals surface area (Å²) in [5.74, 6) is -0.908. The number of alkyl halides is 3. The van der Waals surface area contributed by atoms with Crippen LogP contribution in [0.3, 0.4) is 0 Å². The number of nitriles is 1. The minimum absolute atomic E-state index is 0.184. The van der Waals surface area contributed by atoms with Crippen LogP contribution in [0.2, 0.25) is 0 Å². The van der Waals surface area contributed by atoms with E-state index in [-0.39, 0.29) is 18.7 Å². The predicted octanol–water partition coefficient (Wildman–Crippen LogP) is 4.30. The molecule has 7 nitrogen and oxygen atoms in total. The molecule has 0 aliphatic heterocycles. The van der Waals surface area contributed by atoms with Crippen molar-refractivity contribution >= 4 is 34.7 Å². The summed E-state index contributed by atoms with van der Waals surface area (Å²) in [6, 6.07) is 18.5. The summed E-state index contributed by atoms with van der Waals surface area (Å²) in [7, 11) is 0. The number of nitrogens with one attached hydrogen (secondary N) is 3. The molecule has 0 aliphatic rings. The summed E-state index contributed by atoms with van der Waals surface area (Å²) >= 11 is 0.852. The van der Waals surface area contributed by atoms with Gasteiger partial charge >= 0.3 is 12.4 Å². The van der Waals surface area contributed by atoms with Crippen LogP contribution in [0.5, 0.6) is 5.75 Å². The maximum atomic E-state index is 12.5. The third-order valence-electron chi connectivity index (χ3n) is 4.54. The highest BCUT2D eigenvalue weighted by molar-refractivity contribution is 7.98. The number of hydrogen-bond donors (Lipinski definition) is 3. The quantitative estimate of drug-likeness (QED) is 0.324. The molecule has 3 amide bonds. The first-order chi connectivity index (χ1) is 16.2. The highest BCUT2D eigenvalue weighted by Crippen LogP contribution is 2.25. The van der Waals surface area contributed by atoms with Crippen molar-refractivity contribution in [3.05, 3.63) is 72.3 Å². The molecule has 3 aromatic carbocycles. The number of halogens is 3. The smallest absolute Gasteiger partial charge is 0.406 e. The van der Waals surface area contributed by atoms with Gasteiger partial charge in [-0.15, -0.1) is 13.2 Å². The zero-order valence-corrected chi connectivity index (χ0v) is 18.4. The van der Waals surface area contributed by atoms with Gasteiger partial charge in [-0.1, -0.05) is 42.5 Å². The average Bonchev–Trinajstić information content (AvgIpc) is 2.80. The van der Waals surface area contributed by atoms with E-state index in [2.05, 4.69) is 20.1 Å². The Kier molecular flexibility index (Phi) is 8.21. The van der Waals surface area contributed by atoms with Gasteiger partial charge in [0.1, 0.15) is 18.3 Å². The summed E-state index contributed by atoms with van der Waals surface area (Å²) < 4.78 is 43.0. The molecule has 0 spiro atoms. The van der Waals surface area contributed by atoms with Crippen LogP contribution < -0.4 is 20.1 Å². The van der Waals surface area contributed by atoms with Crippen molar-refractivity contribution in [1.29, 1.82) is 5.26 Å². The van der Waals surface area contributed by atoms with Crippen LogP contribution in [0, 0.1) is 11.3 Å². The Hall–Kier alpha value is -3.91. The number of ether oxygens (including phenoxy) is 1. The topological polar surface area (TPSA) is 103 Å². The van der Waals surface area contributed by atoms with E-state index in [4.69, 9.17) is 5.26 Å². The van der Waals surface area contributed by atoms with Gasteiger partial charge in [0.25, 0.3) is 0 Å². The normalized spacial score (nSPS) is 11.8. The Morgan fingerprint density at radius 3 is 2.41 bits per heavy atom. The minimum Gasteiger partial charge on any atom is -0.406 e. The highest BCUT2D eigenvalue weighted by atomic mass is 32.2. The second-order valence-electron chi connectivity index (χ2n) is 7.01. The molecule has 3 rings (SSSR count). The van der Waals surface area contributed by atoms with Gasteiger partial charge < -0.3 is 15.4 Å². The van der Waals surface area contributed by atoms with Gasteiger partial charge in [-0.05, 0) is 52.5 Å². The van der Waals surface area contributed by atoms with E-state index in [0.717, 1.165) is 40.4 Å². The number of carbonyl (C=O) groups excluding carboxylic acids is 2. The van der Waals surface area contributed by atoms with Gasteiger partial charge in [0.15, 0.2) is 0 Å². The van der Waals surface area contributed by atoms with Crippen molar-refractivity contribution in [1.82, 2.24) is 15.4 Å². The zero-order chi connectivity index (χ0) is 24.6. The molecule has 0 aromatic heterocycles. The van der Waals surface area contributed by atoms with E-state index in [1.807, 2.05) is 48.5 Å². The largest absolute Gasteiger partial charge is 0.573 e. The molecule has 1 unspecified atom stereocenters. The van der Waals surface area contributed by atoms with Crippen LogP contribution >= 0.6 is 11.9 Å². The minimum atomic E-state index is -4.79. The van der Waals surface area contributed by atoms with E-state index >= 15 is 0 Å². The second kappa shape index (κ2) is 11.3. The molecule has 176 valence electrons. The molecule has 3 N–H and O–H groups in total. The number of nitrogens with zero attached hydrogens (tertiary/aromatic N) is 1. The molecule has 0 fully saturated rings. The summed E-state index contributed by atoms with van der Waals surface area (Å²) in [4.78, 5) is 25.4. The van der Waals surface area contributed by atoms with Crippen LogP contribution in [-0.2, 0) is 11.2 Å². The monoisotopic (exact) mass is 488 g/mol. The summed E-state index contributed by atoms with van der Waals surface area (Å²) in [5, 5.41) is 15.8. The van der Waals surface area contributed by atoms with Crippen molar-refractivity contribution in [2.45, 2.75) is 23.7 Å². The Labute approximate surface area is 197 Å². The van der Waals surface area contributed by atoms with Crippen molar-refractivity contribution in [3.8, 4) is 11.8 Å². The van der Waals surface area contributed by atoms with Gasteiger partial charge in [0.2, 0.25) is 5.91 Å². The van der Waals surface area contributed by atoms with Crippen LogP contribution in [0.1, 0.15) is 5.56 Å². The summed E-state index contributed by atoms with van der Waals surface area (Å²) in [5.41, 5.74) is 0.809. The van der Waals surface area contributed by atoms with E-state index in [0.29, 0.717) is 4.90 Å². The third kappa shape index (κ3) is 7.60. The summed E-state index contributed by atoms with van der Waals surface area (Å²) in [6.45, 7) is -0.211. The molecule has 0 heterocycles. The molecule has 0 aliphatic carbocycles. The molecule has 34 heavy (non-hydrogen) atoms. The average molecular weight is 488 g/mol. The van der Waals surface area contributed by atoms with Gasteiger partial charge in [0.05, 0.1) is 6.07 Å². The maximum absolute atomic E-state index is 12.5. The first-order valence-corrected chi connectivity index (χ1v) is 10.8. The Morgan fingerprint density at radius 2 is 1.74 bits per heavy atom. The lowest BCUT2D eigenvalue weighted by molar-refractivity contribution is -0.274. The van der Waals surface area contributed by atoms with Crippen LogP contribution in [0.25, 0.3) is 10.8 Å². The van der Waals surface area contributed by atoms with E-state index in [9.17, 15) is 22.8 Å². The number of amides is 3. The van der Waals surface area contributed by atoms with E-state index < -0.39 is 24.3 Å². The van der Waals surface area contributed by atoms with Gasteiger partial charge in [-0.3, -0.25) is 9.52 Å². The molecule has 1 atom stereocenters. The van der Waals surface area contributed by atoms with Crippen LogP contribution in [0.4, 0.5) is 18.0 Å². The molecule has 0 saturated heterocycles. The lowest BCUT2D eigenvalue weighted by Gasteiger charge is -2.18. The number of hydrogen-bond acceptors (Lipinski definition) is 5. The lowest BCUT2D eigenvalue weighted by Crippen LogP contribution is -2.50. The van der Waals surface area contributed by atoms with Crippen molar-refractivity contribution in [2.75, 3.05) is 6.54 Å².